The largest absolute Gasteiger partial charge is 1.00 e. The van der Waals surface area contributed by atoms with Crippen molar-refractivity contribution in [2.24, 2.45) is 5.10 Å². The Balaban J connectivity index is 0.00000180. The SMILES string of the molecule is COc1ccc(/C=N/Nc2nnc(C)n2N)cc1.[Cl-]. The van der Waals surface area contributed by atoms with Gasteiger partial charge in [0.05, 0.1) is 13.3 Å². The Morgan fingerprint density at radius 1 is 1.32 bits per heavy atom. The van der Waals surface area contributed by atoms with Crippen LogP contribution >= 0.6 is 0 Å². The molecule has 0 aliphatic carbocycles. The zero-order chi connectivity index (χ0) is 13.0. The highest BCUT2D eigenvalue weighted by molar-refractivity contribution is 5.80. The first-order valence-corrected chi connectivity index (χ1v) is 5.31. The van der Waals surface area contributed by atoms with Crippen LogP contribution in [0.3, 0.4) is 0 Å². The second-order valence-electron chi connectivity index (χ2n) is 3.58. The molecule has 2 rings (SSSR count). The van der Waals surface area contributed by atoms with Crippen LogP contribution in [0, 0.1) is 6.92 Å². The van der Waals surface area contributed by atoms with Crippen LogP contribution in [0.15, 0.2) is 29.4 Å². The molecule has 8 heteroatoms. The molecular weight excluding hydrogens is 268 g/mol. The van der Waals surface area contributed by atoms with Crippen LogP contribution in [-0.4, -0.2) is 28.2 Å². The molecule has 0 aliphatic rings. The zero-order valence-corrected chi connectivity index (χ0v) is 11.3. The molecule has 0 amide bonds. The number of hydrogen-bond acceptors (Lipinski definition) is 6. The Hall–Kier alpha value is -2.28. The minimum atomic E-state index is 0. The first kappa shape index (κ1) is 14.8. The summed E-state index contributed by atoms with van der Waals surface area (Å²) in [6.07, 6.45) is 1.66. The van der Waals surface area contributed by atoms with Gasteiger partial charge in [-0.3, -0.25) is 0 Å². The third-order valence-electron chi connectivity index (χ3n) is 2.36. The standard InChI is InChI=1S/C11H14N6O.ClH/c1-8-14-16-11(17(8)12)15-13-7-9-3-5-10(18-2)6-4-9;/h3-7H,12H2,1-2H3,(H,15,16);1H/p-1/b13-7+;. The van der Waals surface area contributed by atoms with E-state index in [0.29, 0.717) is 11.8 Å². The molecule has 0 radical (unpaired) electrons. The van der Waals surface area contributed by atoms with E-state index in [1.54, 1.807) is 20.2 Å². The summed E-state index contributed by atoms with van der Waals surface area (Å²) >= 11 is 0. The minimum Gasteiger partial charge on any atom is -1.00 e. The number of ether oxygens (including phenoxy) is 1. The van der Waals surface area contributed by atoms with Gasteiger partial charge in [-0.25, -0.2) is 10.1 Å². The van der Waals surface area contributed by atoms with Gasteiger partial charge in [-0.15, -0.1) is 10.2 Å². The molecule has 102 valence electrons. The van der Waals surface area contributed by atoms with E-state index in [2.05, 4.69) is 20.7 Å². The predicted octanol–water partition coefficient (Wildman–Crippen LogP) is -2.24. The summed E-state index contributed by atoms with van der Waals surface area (Å²) in [6.45, 7) is 1.76. The van der Waals surface area contributed by atoms with Gasteiger partial charge in [-0.1, -0.05) is 0 Å². The van der Waals surface area contributed by atoms with Gasteiger partial charge in [0, 0.05) is 0 Å². The average molecular weight is 282 g/mol. The molecule has 3 N–H and O–H groups in total. The quantitative estimate of drug-likeness (QED) is 0.376. The topological polar surface area (TPSA) is 90.3 Å². The van der Waals surface area contributed by atoms with Crippen LogP contribution < -0.4 is 28.4 Å². The Bertz CT molecular complexity index is 551. The number of nitrogens with zero attached hydrogens (tertiary/aromatic N) is 4. The molecule has 0 atom stereocenters. The van der Waals surface area contributed by atoms with Crippen LogP contribution in [0.1, 0.15) is 11.4 Å². The van der Waals surface area contributed by atoms with E-state index in [1.807, 2.05) is 24.3 Å². The molecule has 0 spiro atoms. The summed E-state index contributed by atoms with van der Waals surface area (Å²) in [7, 11) is 1.63. The number of aromatic nitrogens is 3. The van der Waals surface area contributed by atoms with Crippen molar-refractivity contribution in [2.75, 3.05) is 18.4 Å². The highest BCUT2D eigenvalue weighted by atomic mass is 35.5. The molecule has 0 saturated carbocycles. The van der Waals surface area contributed by atoms with Crippen molar-refractivity contribution in [3.63, 3.8) is 0 Å². The smallest absolute Gasteiger partial charge is 0.263 e. The number of benzene rings is 1. The normalized spacial score (nSPS) is 10.2. The number of hydrogen-bond donors (Lipinski definition) is 2. The Morgan fingerprint density at radius 2 is 2.00 bits per heavy atom. The second-order valence-corrected chi connectivity index (χ2v) is 3.58. The summed E-state index contributed by atoms with van der Waals surface area (Å²) in [5.41, 5.74) is 3.65. The number of anilines is 1. The van der Waals surface area contributed by atoms with E-state index in [1.165, 1.54) is 4.68 Å². The van der Waals surface area contributed by atoms with Gasteiger partial charge < -0.3 is 23.0 Å². The van der Waals surface area contributed by atoms with Crippen molar-refractivity contribution in [1.82, 2.24) is 14.9 Å². The Kier molecular flexibility index (Phi) is 5.13. The number of hydrazone groups is 1. The minimum absolute atomic E-state index is 0. The number of halogens is 1. The van der Waals surface area contributed by atoms with Crippen molar-refractivity contribution < 1.29 is 17.1 Å². The predicted molar refractivity (Wildman–Crippen MR) is 69.1 cm³/mol. The van der Waals surface area contributed by atoms with Crippen molar-refractivity contribution in [3.05, 3.63) is 35.7 Å². The lowest BCUT2D eigenvalue weighted by Crippen LogP contribution is -3.00. The monoisotopic (exact) mass is 281 g/mol. The van der Waals surface area contributed by atoms with E-state index in [0.717, 1.165) is 11.3 Å². The molecule has 0 saturated heterocycles. The lowest BCUT2D eigenvalue weighted by atomic mass is 10.2. The number of aryl methyl sites for hydroxylation is 1. The van der Waals surface area contributed by atoms with Crippen LogP contribution in [0.25, 0.3) is 0 Å². The summed E-state index contributed by atoms with van der Waals surface area (Å²) in [6, 6.07) is 7.50. The molecule has 0 fully saturated rings. The maximum atomic E-state index is 5.66. The summed E-state index contributed by atoms with van der Waals surface area (Å²) in [4.78, 5) is 0. The number of rotatable bonds is 4. The first-order chi connectivity index (χ1) is 8.70. The van der Waals surface area contributed by atoms with E-state index >= 15 is 0 Å². The maximum Gasteiger partial charge on any atom is 0.263 e. The Labute approximate surface area is 116 Å². The van der Waals surface area contributed by atoms with E-state index in [4.69, 9.17) is 10.6 Å². The molecular formula is C11H14ClN6O-. The van der Waals surface area contributed by atoms with E-state index in [9.17, 15) is 0 Å². The fourth-order valence-corrected chi connectivity index (χ4v) is 1.30. The van der Waals surface area contributed by atoms with Gasteiger partial charge in [-0.2, -0.15) is 5.10 Å². The first-order valence-electron chi connectivity index (χ1n) is 5.31. The molecule has 19 heavy (non-hydrogen) atoms. The fourth-order valence-electron chi connectivity index (χ4n) is 1.30. The molecule has 1 aromatic heterocycles. The summed E-state index contributed by atoms with van der Waals surface area (Å²) in [5.74, 6) is 7.46. The molecule has 2 aromatic rings. The van der Waals surface area contributed by atoms with Crippen molar-refractivity contribution >= 4 is 12.2 Å². The molecule has 1 heterocycles. The molecule has 1 aromatic carbocycles. The number of methoxy groups -OCH3 is 1. The highest BCUT2D eigenvalue weighted by Crippen LogP contribution is 2.09. The molecule has 0 bridgehead atoms. The van der Waals surface area contributed by atoms with Crippen molar-refractivity contribution in [1.29, 1.82) is 0 Å². The third-order valence-corrected chi connectivity index (χ3v) is 2.36. The Morgan fingerprint density at radius 3 is 2.53 bits per heavy atom. The number of nitrogen functional groups attached to an aromatic ring is 1. The van der Waals surface area contributed by atoms with Gasteiger partial charge >= 0.3 is 0 Å². The van der Waals surface area contributed by atoms with Crippen LogP contribution in [0.5, 0.6) is 5.75 Å². The van der Waals surface area contributed by atoms with Gasteiger partial charge in [-0.05, 0) is 36.8 Å². The average Bonchev–Trinajstić information content (AvgIpc) is 2.71. The van der Waals surface area contributed by atoms with Crippen molar-refractivity contribution in [3.8, 4) is 5.75 Å². The molecule has 7 nitrogen and oxygen atoms in total. The number of nitrogens with one attached hydrogen (secondary N) is 1. The van der Waals surface area contributed by atoms with Crippen LogP contribution in [0.2, 0.25) is 0 Å². The van der Waals surface area contributed by atoms with Gasteiger partial charge in [0.1, 0.15) is 5.75 Å². The molecule has 0 aliphatic heterocycles. The van der Waals surface area contributed by atoms with Crippen LogP contribution in [-0.2, 0) is 0 Å². The van der Waals surface area contributed by atoms with E-state index < -0.39 is 0 Å². The van der Waals surface area contributed by atoms with Gasteiger partial charge in [0.2, 0.25) is 0 Å². The van der Waals surface area contributed by atoms with Crippen molar-refractivity contribution in [2.45, 2.75) is 6.92 Å². The fraction of sp³-hybridized carbons (Fsp3) is 0.182. The maximum absolute atomic E-state index is 5.66. The van der Waals surface area contributed by atoms with Crippen LogP contribution in [0.4, 0.5) is 5.95 Å². The summed E-state index contributed by atoms with van der Waals surface area (Å²) in [5, 5.41) is 11.6. The lowest BCUT2D eigenvalue weighted by molar-refractivity contribution is -0.00000422. The third kappa shape index (κ3) is 3.59. The van der Waals surface area contributed by atoms with Gasteiger partial charge in [0.25, 0.3) is 5.95 Å². The molecule has 0 unspecified atom stereocenters. The highest BCUT2D eigenvalue weighted by Gasteiger charge is 2.02. The summed E-state index contributed by atoms with van der Waals surface area (Å²) < 4.78 is 6.39. The lowest BCUT2D eigenvalue weighted by Gasteiger charge is -2.00. The van der Waals surface area contributed by atoms with Gasteiger partial charge in [0.15, 0.2) is 5.82 Å². The van der Waals surface area contributed by atoms with E-state index in [-0.39, 0.29) is 12.4 Å². The number of nitrogens with two attached hydrogens (primary N) is 1. The zero-order valence-electron chi connectivity index (χ0n) is 10.5. The second kappa shape index (κ2) is 6.60.